The summed E-state index contributed by atoms with van der Waals surface area (Å²) in [7, 11) is 0. The van der Waals surface area contributed by atoms with E-state index in [2.05, 4.69) is 0 Å². The van der Waals surface area contributed by atoms with Crippen LogP contribution in [0.2, 0.25) is 0 Å². The summed E-state index contributed by atoms with van der Waals surface area (Å²) in [5.41, 5.74) is -5.19. The summed E-state index contributed by atoms with van der Waals surface area (Å²) < 4.78 is 11.2. The minimum absolute atomic E-state index is 0.111. The lowest BCUT2D eigenvalue weighted by Crippen LogP contribution is -2.65. The number of carbonyl (C=O) groups is 3. The predicted molar refractivity (Wildman–Crippen MR) is 128 cm³/mol. The van der Waals surface area contributed by atoms with Crippen molar-refractivity contribution in [1.82, 2.24) is 0 Å². The van der Waals surface area contributed by atoms with Crippen LogP contribution in [0.4, 0.5) is 0 Å². The van der Waals surface area contributed by atoms with Gasteiger partial charge in [-0.1, -0.05) is 39.0 Å². The monoisotopic (exact) mass is 490 g/mol. The molecule has 1 fully saturated rings. The SMILES string of the molecule is C/C=C(\C)C(=O)OCC1=CC2C(=O)C3(C=C(C)C(O)[C@@]3(O)C1O)[C@H](C)C[C@@](C)(OC(C)=O)C2(C)C. The zero-order valence-electron chi connectivity index (χ0n) is 21.8. The van der Waals surface area contributed by atoms with Gasteiger partial charge in [0, 0.05) is 23.8 Å². The Balaban J connectivity index is 2.28. The fourth-order valence-corrected chi connectivity index (χ4v) is 6.34. The van der Waals surface area contributed by atoms with Crippen molar-refractivity contribution in [2.24, 2.45) is 22.7 Å². The van der Waals surface area contributed by atoms with Gasteiger partial charge in [-0.25, -0.2) is 4.79 Å². The summed E-state index contributed by atoms with van der Waals surface area (Å²) in [6.45, 7) is 13.0. The highest BCUT2D eigenvalue weighted by Crippen LogP contribution is 2.63. The molecule has 7 atom stereocenters. The van der Waals surface area contributed by atoms with Crippen molar-refractivity contribution < 1.29 is 39.2 Å². The molecule has 0 aromatic carbocycles. The van der Waals surface area contributed by atoms with Gasteiger partial charge in [0.05, 0.1) is 5.41 Å². The normalized spacial score (nSPS) is 40.7. The third kappa shape index (κ3) is 3.64. The third-order valence-electron chi connectivity index (χ3n) is 8.91. The fourth-order valence-electron chi connectivity index (χ4n) is 6.34. The maximum atomic E-state index is 14.4. The Bertz CT molecular complexity index is 1040. The second-order valence-electron chi connectivity index (χ2n) is 11.2. The van der Waals surface area contributed by atoms with Gasteiger partial charge in [-0.15, -0.1) is 0 Å². The van der Waals surface area contributed by atoms with Gasteiger partial charge >= 0.3 is 11.9 Å². The molecule has 0 aliphatic heterocycles. The lowest BCUT2D eigenvalue weighted by atomic mass is 9.59. The molecule has 3 aliphatic rings. The molecule has 8 heteroatoms. The highest BCUT2D eigenvalue weighted by atomic mass is 16.6. The number of ketones is 1. The number of carbonyl (C=O) groups excluding carboxylic acids is 3. The summed E-state index contributed by atoms with van der Waals surface area (Å²) in [5, 5.41) is 34.8. The summed E-state index contributed by atoms with van der Waals surface area (Å²) in [4.78, 5) is 38.9. The highest BCUT2D eigenvalue weighted by molar-refractivity contribution is 5.95. The number of hydrogen-bond acceptors (Lipinski definition) is 8. The number of aliphatic hydroxyl groups is 3. The lowest BCUT2D eigenvalue weighted by molar-refractivity contribution is -0.192. The Morgan fingerprint density at radius 1 is 1.17 bits per heavy atom. The van der Waals surface area contributed by atoms with Gasteiger partial charge in [0.2, 0.25) is 0 Å². The van der Waals surface area contributed by atoms with Crippen molar-refractivity contribution in [1.29, 1.82) is 0 Å². The molecule has 8 nitrogen and oxygen atoms in total. The first-order chi connectivity index (χ1) is 16.0. The average Bonchev–Trinajstić information content (AvgIpc) is 2.92. The molecule has 3 N–H and O–H groups in total. The first-order valence-corrected chi connectivity index (χ1v) is 12.0. The molecular formula is C27H38O8. The standard InChI is InChI=1S/C27H38O8/c1-9-14(2)23(32)34-13-18-10-19-22(31)26(11-15(3)20(29)27(26,33)21(18)30)16(4)12-25(8,24(19,6)7)35-17(5)28/h9-11,16,19-21,29-30,33H,12-13H2,1-8H3/b14-9+/t16-,19?,20?,21?,25-,26?,27-/m1/s1. The van der Waals surface area contributed by atoms with Crippen LogP contribution in [0, 0.1) is 22.7 Å². The van der Waals surface area contributed by atoms with E-state index in [0.29, 0.717) is 11.1 Å². The Morgan fingerprint density at radius 2 is 1.77 bits per heavy atom. The van der Waals surface area contributed by atoms with E-state index in [1.807, 2.05) is 13.8 Å². The molecule has 194 valence electrons. The Labute approximate surface area is 206 Å². The van der Waals surface area contributed by atoms with E-state index < -0.39 is 58.0 Å². The smallest absolute Gasteiger partial charge is 0.333 e. The van der Waals surface area contributed by atoms with Crippen LogP contribution in [0.3, 0.4) is 0 Å². The number of rotatable bonds is 4. The van der Waals surface area contributed by atoms with Gasteiger partial charge in [0.1, 0.15) is 30.0 Å². The summed E-state index contributed by atoms with van der Waals surface area (Å²) in [6.07, 6.45) is 1.69. The van der Waals surface area contributed by atoms with E-state index in [-0.39, 0.29) is 24.4 Å². The van der Waals surface area contributed by atoms with Crippen LogP contribution in [-0.2, 0) is 23.9 Å². The van der Waals surface area contributed by atoms with Crippen molar-refractivity contribution in [2.45, 2.75) is 85.2 Å². The number of hydrogen-bond donors (Lipinski definition) is 3. The van der Waals surface area contributed by atoms with Crippen LogP contribution in [0.1, 0.15) is 61.8 Å². The van der Waals surface area contributed by atoms with E-state index in [1.54, 1.807) is 46.8 Å². The molecule has 3 aliphatic carbocycles. The quantitative estimate of drug-likeness (QED) is 0.311. The minimum atomic E-state index is -2.30. The van der Waals surface area contributed by atoms with Crippen LogP contribution in [-0.4, -0.2) is 63.1 Å². The molecule has 2 bridgehead atoms. The molecule has 1 saturated carbocycles. The van der Waals surface area contributed by atoms with Crippen molar-refractivity contribution >= 4 is 17.7 Å². The van der Waals surface area contributed by atoms with Crippen molar-refractivity contribution in [3.63, 3.8) is 0 Å². The molecule has 0 amide bonds. The molecule has 0 aromatic rings. The molecular weight excluding hydrogens is 452 g/mol. The Morgan fingerprint density at radius 3 is 2.31 bits per heavy atom. The van der Waals surface area contributed by atoms with Gasteiger partial charge in [-0.2, -0.15) is 0 Å². The Hall–Kier alpha value is -2.29. The topological polar surface area (TPSA) is 130 Å². The largest absolute Gasteiger partial charge is 0.459 e. The number of fused-ring (bicyclic) bond motifs is 1. The summed E-state index contributed by atoms with van der Waals surface area (Å²) in [6, 6.07) is 0. The lowest BCUT2D eigenvalue weighted by Gasteiger charge is -2.48. The highest BCUT2D eigenvalue weighted by Gasteiger charge is 2.73. The van der Waals surface area contributed by atoms with Crippen LogP contribution < -0.4 is 0 Å². The predicted octanol–water partition coefficient (Wildman–Crippen LogP) is 2.41. The molecule has 1 spiro atoms. The Kier molecular flexibility index (Phi) is 6.77. The van der Waals surface area contributed by atoms with Crippen molar-refractivity contribution in [2.75, 3.05) is 6.61 Å². The number of ether oxygens (including phenoxy) is 2. The van der Waals surface area contributed by atoms with Crippen LogP contribution in [0.5, 0.6) is 0 Å². The van der Waals surface area contributed by atoms with Crippen molar-refractivity contribution in [3.8, 4) is 0 Å². The number of aliphatic hydroxyl groups excluding tert-OH is 2. The second kappa shape index (κ2) is 8.68. The first kappa shape index (κ1) is 27.3. The molecule has 4 unspecified atom stereocenters. The zero-order chi connectivity index (χ0) is 26.7. The molecule has 0 radical (unpaired) electrons. The minimum Gasteiger partial charge on any atom is -0.459 e. The average molecular weight is 491 g/mol. The zero-order valence-corrected chi connectivity index (χ0v) is 21.8. The van der Waals surface area contributed by atoms with Crippen molar-refractivity contribution in [3.05, 3.63) is 34.9 Å². The summed E-state index contributed by atoms with van der Waals surface area (Å²) >= 11 is 0. The van der Waals surface area contributed by atoms with Crippen LogP contribution in [0.25, 0.3) is 0 Å². The molecule has 0 heterocycles. The van der Waals surface area contributed by atoms with Gasteiger partial charge in [0.25, 0.3) is 0 Å². The van der Waals surface area contributed by atoms with Gasteiger partial charge in [-0.3, -0.25) is 9.59 Å². The maximum absolute atomic E-state index is 14.4. The number of allylic oxidation sites excluding steroid dienone is 2. The number of Topliss-reactive ketones (excluding diaryl/α,β-unsaturated/α-hetero) is 1. The maximum Gasteiger partial charge on any atom is 0.333 e. The van der Waals surface area contributed by atoms with Gasteiger partial charge < -0.3 is 24.8 Å². The van der Waals surface area contributed by atoms with E-state index in [9.17, 15) is 29.7 Å². The molecule has 0 saturated heterocycles. The number of esters is 2. The van der Waals surface area contributed by atoms with Gasteiger partial charge in [0.15, 0.2) is 5.78 Å². The second-order valence-corrected chi connectivity index (χ2v) is 11.2. The third-order valence-corrected chi connectivity index (χ3v) is 8.91. The van der Waals surface area contributed by atoms with E-state index in [0.717, 1.165) is 0 Å². The van der Waals surface area contributed by atoms with E-state index in [1.165, 1.54) is 13.0 Å². The first-order valence-electron chi connectivity index (χ1n) is 12.0. The molecule has 35 heavy (non-hydrogen) atoms. The van der Waals surface area contributed by atoms with Gasteiger partial charge in [-0.05, 0) is 51.2 Å². The van der Waals surface area contributed by atoms with Crippen LogP contribution >= 0.6 is 0 Å². The fraction of sp³-hybridized carbons (Fsp3) is 0.667. The van der Waals surface area contributed by atoms with Crippen LogP contribution in [0.15, 0.2) is 34.9 Å². The summed E-state index contributed by atoms with van der Waals surface area (Å²) in [5.74, 6) is -3.02. The molecule has 0 aromatic heterocycles. The van der Waals surface area contributed by atoms with E-state index >= 15 is 0 Å². The molecule has 3 rings (SSSR count). The van der Waals surface area contributed by atoms with E-state index in [4.69, 9.17) is 9.47 Å².